The summed E-state index contributed by atoms with van der Waals surface area (Å²) in [6, 6.07) is 20.0. The third kappa shape index (κ3) is 6.05. The average Bonchev–Trinajstić information content (AvgIpc) is 2.73. The molecule has 0 aliphatic heterocycles. The molecule has 0 amide bonds. The summed E-state index contributed by atoms with van der Waals surface area (Å²) in [4.78, 5) is 24.3. The number of rotatable bonds is 9. The smallest absolute Gasteiger partial charge is 0.323 e. The van der Waals surface area contributed by atoms with Crippen LogP contribution in [-0.4, -0.2) is 24.1 Å². The number of nitrogens with zero attached hydrogens (tertiary/aromatic N) is 1. The molecule has 2 aromatic carbocycles. The van der Waals surface area contributed by atoms with E-state index in [9.17, 15) is 18.0 Å². The van der Waals surface area contributed by atoms with Gasteiger partial charge in [0.1, 0.15) is 12.2 Å². The van der Waals surface area contributed by atoms with Crippen LogP contribution in [0.2, 0.25) is 0 Å². The lowest BCUT2D eigenvalue weighted by molar-refractivity contribution is -0.137. The molecule has 0 bridgehead atoms. The van der Waals surface area contributed by atoms with E-state index in [1.165, 1.54) is 0 Å². The van der Waals surface area contributed by atoms with E-state index in [-0.39, 0.29) is 11.4 Å². The van der Waals surface area contributed by atoms with Crippen LogP contribution in [0.4, 0.5) is 5.69 Å². The maximum atomic E-state index is 13.1. The summed E-state index contributed by atoms with van der Waals surface area (Å²) >= 11 is 0. The second-order valence-corrected chi connectivity index (χ2v) is 9.03. The van der Waals surface area contributed by atoms with E-state index in [0.717, 1.165) is 10.1 Å². The minimum Gasteiger partial charge on any atom is -0.480 e. The van der Waals surface area contributed by atoms with Gasteiger partial charge in [-0.05, 0) is 42.5 Å². The summed E-state index contributed by atoms with van der Waals surface area (Å²) in [5.41, 5.74) is 1.86. The van der Waals surface area contributed by atoms with E-state index < -0.39 is 28.1 Å². The van der Waals surface area contributed by atoms with Gasteiger partial charge in [-0.15, -0.1) is 0 Å². The lowest BCUT2D eigenvalue weighted by Gasteiger charge is -2.17. The van der Waals surface area contributed by atoms with Crippen molar-refractivity contribution in [2.45, 2.75) is 32.1 Å². The fraction of sp³-hybridized carbons (Fsp3) is 0.217. The van der Waals surface area contributed by atoms with Gasteiger partial charge in [0.25, 0.3) is 5.56 Å². The molecular weight excluding hydrogens is 416 g/mol. The number of aromatic nitrogens is 1. The molecule has 162 valence electrons. The molecular formula is C23H24N2O5S. The van der Waals surface area contributed by atoms with Gasteiger partial charge in [-0.1, -0.05) is 60.7 Å². The van der Waals surface area contributed by atoms with Crippen LogP contribution >= 0.6 is 0 Å². The molecule has 0 saturated heterocycles. The maximum absolute atomic E-state index is 13.1. The topological polar surface area (TPSA) is 105 Å². The van der Waals surface area contributed by atoms with Gasteiger partial charge in [-0.2, -0.15) is 0 Å². The van der Waals surface area contributed by atoms with Crippen molar-refractivity contribution in [2.24, 2.45) is 0 Å². The van der Waals surface area contributed by atoms with Crippen LogP contribution < -0.4 is 10.3 Å². The highest BCUT2D eigenvalue weighted by molar-refractivity contribution is 7.91. The summed E-state index contributed by atoms with van der Waals surface area (Å²) in [5, 5.41) is 9.16. The van der Waals surface area contributed by atoms with Crippen molar-refractivity contribution in [2.75, 3.05) is 4.72 Å². The Morgan fingerprint density at radius 1 is 0.968 bits per heavy atom. The molecule has 31 heavy (non-hydrogen) atoms. The van der Waals surface area contributed by atoms with E-state index in [1.807, 2.05) is 30.3 Å². The van der Waals surface area contributed by atoms with Crippen molar-refractivity contribution in [3.63, 3.8) is 0 Å². The quantitative estimate of drug-likeness (QED) is 0.532. The number of nitrogens with one attached hydrogen (secondary N) is 1. The third-order valence-electron chi connectivity index (χ3n) is 4.87. The van der Waals surface area contributed by atoms with Crippen molar-refractivity contribution in [1.29, 1.82) is 0 Å². The SMILES string of the molecule is Cc1cc(CCc2ccccc2)c(NS(=O)(=O)Cc2ccccc2)c(=O)n1CC(=O)O. The van der Waals surface area contributed by atoms with Gasteiger partial charge in [0.05, 0.1) is 5.75 Å². The molecule has 0 unspecified atom stereocenters. The average molecular weight is 441 g/mol. The molecule has 0 fully saturated rings. The predicted molar refractivity (Wildman–Crippen MR) is 120 cm³/mol. The lowest BCUT2D eigenvalue weighted by Crippen LogP contribution is -2.31. The standard InChI is InChI=1S/C23H24N2O5S/c1-17-14-20(13-12-18-8-4-2-5-9-18)22(23(28)25(17)15-21(26)27)24-31(29,30)16-19-10-6-3-7-11-19/h2-11,14,24H,12-13,15-16H2,1H3,(H,26,27). The molecule has 8 heteroatoms. The number of sulfonamides is 1. The predicted octanol–water partition coefficient (Wildman–Crippen LogP) is 2.97. The highest BCUT2D eigenvalue weighted by Gasteiger charge is 2.20. The number of hydrogen-bond donors (Lipinski definition) is 2. The second kappa shape index (κ2) is 9.61. The fourth-order valence-electron chi connectivity index (χ4n) is 3.38. The van der Waals surface area contributed by atoms with Gasteiger partial charge in [0, 0.05) is 5.69 Å². The van der Waals surface area contributed by atoms with Crippen molar-refractivity contribution >= 4 is 21.7 Å². The van der Waals surface area contributed by atoms with Gasteiger partial charge >= 0.3 is 5.97 Å². The van der Waals surface area contributed by atoms with Crippen LogP contribution in [0.1, 0.15) is 22.4 Å². The molecule has 0 saturated carbocycles. The Hall–Kier alpha value is -3.39. The zero-order valence-corrected chi connectivity index (χ0v) is 17.9. The number of carboxylic acids is 1. The van der Waals surface area contributed by atoms with Crippen LogP contribution in [0.5, 0.6) is 0 Å². The molecule has 0 radical (unpaired) electrons. The number of carbonyl (C=O) groups is 1. The number of anilines is 1. The van der Waals surface area contributed by atoms with Crippen molar-refractivity contribution < 1.29 is 18.3 Å². The molecule has 2 N–H and O–H groups in total. The highest BCUT2D eigenvalue weighted by Crippen LogP contribution is 2.19. The zero-order valence-electron chi connectivity index (χ0n) is 17.1. The summed E-state index contributed by atoms with van der Waals surface area (Å²) < 4.78 is 29.1. The molecule has 7 nitrogen and oxygen atoms in total. The first-order valence-electron chi connectivity index (χ1n) is 9.78. The first-order valence-corrected chi connectivity index (χ1v) is 11.4. The van der Waals surface area contributed by atoms with Crippen LogP contribution in [0.25, 0.3) is 0 Å². The maximum Gasteiger partial charge on any atom is 0.323 e. The number of aryl methyl sites for hydroxylation is 3. The Morgan fingerprint density at radius 2 is 1.55 bits per heavy atom. The summed E-state index contributed by atoms with van der Waals surface area (Å²) in [6.07, 6.45) is 1.03. The van der Waals surface area contributed by atoms with Gasteiger partial charge in [-0.25, -0.2) is 8.42 Å². The van der Waals surface area contributed by atoms with Crippen molar-refractivity contribution in [1.82, 2.24) is 4.57 Å². The molecule has 0 spiro atoms. The number of aliphatic carboxylic acids is 1. The van der Waals surface area contributed by atoms with Gasteiger partial charge in [-0.3, -0.25) is 18.9 Å². The van der Waals surface area contributed by atoms with E-state index in [2.05, 4.69) is 4.72 Å². The van der Waals surface area contributed by atoms with Gasteiger partial charge in [0.2, 0.25) is 10.0 Å². The molecule has 3 rings (SSSR count). The molecule has 0 atom stereocenters. The monoisotopic (exact) mass is 440 g/mol. The Labute approximate surface area is 181 Å². The van der Waals surface area contributed by atoms with E-state index >= 15 is 0 Å². The molecule has 1 heterocycles. The van der Waals surface area contributed by atoms with Crippen molar-refractivity contribution in [3.8, 4) is 0 Å². The Kier molecular flexibility index (Phi) is 6.91. The molecule has 3 aromatic rings. The number of benzene rings is 2. The molecule has 0 aliphatic carbocycles. The van der Waals surface area contributed by atoms with Crippen LogP contribution in [0.15, 0.2) is 71.5 Å². The summed E-state index contributed by atoms with van der Waals surface area (Å²) in [6.45, 7) is 1.09. The van der Waals surface area contributed by atoms with Gasteiger partial charge < -0.3 is 5.11 Å². The molecule has 0 aliphatic rings. The number of carboxylic acid groups (broad SMARTS) is 1. The van der Waals surface area contributed by atoms with E-state index in [0.29, 0.717) is 29.7 Å². The Morgan fingerprint density at radius 3 is 2.13 bits per heavy atom. The van der Waals surface area contributed by atoms with Gasteiger partial charge in [0.15, 0.2) is 0 Å². The fourth-order valence-corrected chi connectivity index (χ4v) is 4.61. The zero-order chi connectivity index (χ0) is 22.4. The Bertz CT molecular complexity index is 1220. The highest BCUT2D eigenvalue weighted by atomic mass is 32.2. The normalized spacial score (nSPS) is 11.3. The minimum absolute atomic E-state index is 0.0984. The van der Waals surface area contributed by atoms with Crippen molar-refractivity contribution in [3.05, 3.63) is 99.5 Å². The van der Waals surface area contributed by atoms with Crippen LogP contribution in [-0.2, 0) is 40.0 Å². The lowest BCUT2D eigenvalue weighted by atomic mass is 10.0. The largest absolute Gasteiger partial charge is 0.480 e. The first kappa shape index (κ1) is 22.3. The summed E-state index contributed by atoms with van der Waals surface area (Å²) in [7, 11) is -3.88. The molecule has 1 aromatic heterocycles. The van der Waals surface area contributed by atoms with Crippen LogP contribution in [0.3, 0.4) is 0 Å². The Balaban J connectivity index is 1.97. The van der Waals surface area contributed by atoms with E-state index in [4.69, 9.17) is 5.11 Å². The van der Waals surface area contributed by atoms with Crippen LogP contribution in [0, 0.1) is 6.92 Å². The third-order valence-corrected chi connectivity index (χ3v) is 6.09. The minimum atomic E-state index is -3.88. The summed E-state index contributed by atoms with van der Waals surface area (Å²) in [5.74, 6) is -1.47. The van der Waals surface area contributed by atoms with E-state index in [1.54, 1.807) is 43.3 Å². The first-order chi connectivity index (χ1) is 14.7. The second-order valence-electron chi connectivity index (χ2n) is 7.30. The number of pyridine rings is 1. The number of hydrogen-bond acceptors (Lipinski definition) is 4.